The maximum absolute atomic E-state index is 11.3. The molecule has 0 bridgehead atoms. The van der Waals surface area contributed by atoms with E-state index >= 15 is 0 Å². The van der Waals surface area contributed by atoms with Crippen LogP contribution in [-0.2, 0) is 15.9 Å². The van der Waals surface area contributed by atoms with Crippen molar-refractivity contribution in [1.82, 2.24) is 0 Å². The standard InChI is InChI=1S/C14H14O3/c1-2-10-3-5-11(6-4-10)12-9-14(7-8-14)17-13(15)16-12/h3-6,9H,2,7-8H2,1H3. The Kier molecular flexibility index (Phi) is 2.21. The first-order chi connectivity index (χ1) is 8.21. The molecular weight excluding hydrogens is 216 g/mol. The van der Waals surface area contributed by atoms with Gasteiger partial charge in [0.05, 0.1) is 0 Å². The number of aryl methyl sites for hydroxylation is 1. The lowest BCUT2D eigenvalue weighted by Gasteiger charge is -2.20. The van der Waals surface area contributed by atoms with Crippen LogP contribution < -0.4 is 0 Å². The van der Waals surface area contributed by atoms with Crippen molar-refractivity contribution in [3.63, 3.8) is 0 Å². The van der Waals surface area contributed by atoms with Crippen molar-refractivity contribution in [2.24, 2.45) is 0 Å². The summed E-state index contributed by atoms with van der Waals surface area (Å²) in [5.41, 5.74) is 1.84. The molecular formula is C14H14O3. The average molecular weight is 230 g/mol. The van der Waals surface area contributed by atoms with E-state index < -0.39 is 6.16 Å². The topological polar surface area (TPSA) is 35.5 Å². The third-order valence-corrected chi connectivity index (χ3v) is 3.26. The minimum absolute atomic E-state index is 0.367. The Bertz CT molecular complexity index is 481. The van der Waals surface area contributed by atoms with Crippen LogP contribution in [0.4, 0.5) is 4.79 Å². The Morgan fingerprint density at radius 1 is 1.24 bits per heavy atom. The molecule has 0 N–H and O–H groups in total. The van der Waals surface area contributed by atoms with E-state index in [9.17, 15) is 4.79 Å². The molecule has 88 valence electrons. The van der Waals surface area contributed by atoms with E-state index in [1.807, 2.05) is 18.2 Å². The molecule has 0 amide bonds. The van der Waals surface area contributed by atoms with Crippen molar-refractivity contribution in [3.8, 4) is 0 Å². The Morgan fingerprint density at radius 3 is 2.53 bits per heavy atom. The van der Waals surface area contributed by atoms with Gasteiger partial charge in [0.2, 0.25) is 0 Å². The smallest absolute Gasteiger partial charge is 0.423 e. The number of hydrogen-bond donors (Lipinski definition) is 0. The van der Waals surface area contributed by atoms with Crippen LogP contribution in [0, 0.1) is 0 Å². The number of carbonyl (C=O) groups is 1. The minimum atomic E-state index is -0.584. The number of ether oxygens (including phenoxy) is 2. The summed E-state index contributed by atoms with van der Waals surface area (Å²) in [6.45, 7) is 2.11. The third-order valence-electron chi connectivity index (χ3n) is 3.26. The first kappa shape index (κ1) is 10.4. The van der Waals surface area contributed by atoms with Gasteiger partial charge in [-0.1, -0.05) is 31.2 Å². The van der Waals surface area contributed by atoms with Gasteiger partial charge in [-0.25, -0.2) is 4.79 Å². The van der Waals surface area contributed by atoms with E-state index in [4.69, 9.17) is 9.47 Å². The van der Waals surface area contributed by atoms with Crippen molar-refractivity contribution in [2.75, 3.05) is 0 Å². The SMILES string of the molecule is CCc1ccc(C2=CC3(CC3)OC(=O)O2)cc1. The highest BCUT2D eigenvalue weighted by Gasteiger charge is 2.49. The average Bonchev–Trinajstić information content (AvgIpc) is 3.07. The Morgan fingerprint density at radius 2 is 1.94 bits per heavy atom. The molecule has 0 saturated heterocycles. The van der Waals surface area contributed by atoms with Gasteiger partial charge in [-0.3, -0.25) is 0 Å². The number of carbonyl (C=O) groups excluding carboxylic acids is 1. The van der Waals surface area contributed by atoms with Crippen molar-refractivity contribution in [1.29, 1.82) is 0 Å². The summed E-state index contributed by atoms with van der Waals surface area (Å²) in [7, 11) is 0. The van der Waals surface area contributed by atoms with Crippen LogP contribution in [0.2, 0.25) is 0 Å². The van der Waals surface area contributed by atoms with Crippen LogP contribution in [-0.4, -0.2) is 11.8 Å². The zero-order chi connectivity index (χ0) is 11.9. The maximum atomic E-state index is 11.3. The highest BCUT2D eigenvalue weighted by Crippen LogP contribution is 2.45. The van der Waals surface area contributed by atoms with E-state index in [0.717, 1.165) is 24.8 Å². The molecule has 1 heterocycles. The zero-order valence-corrected chi connectivity index (χ0v) is 9.73. The summed E-state index contributed by atoms with van der Waals surface area (Å²) in [6, 6.07) is 8.08. The van der Waals surface area contributed by atoms with E-state index in [1.165, 1.54) is 5.56 Å². The van der Waals surface area contributed by atoms with Crippen LogP contribution in [0.1, 0.15) is 30.9 Å². The minimum Gasteiger partial charge on any atom is -0.423 e. The molecule has 0 atom stereocenters. The van der Waals surface area contributed by atoms with Gasteiger partial charge in [0.25, 0.3) is 0 Å². The quantitative estimate of drug-likeness (QED) is 0.731. The lowest BCUT2D eigenvalue weighted by molar-refractivity contribution is 0.0465. The van der Waals surface area contributed by atoms with Crippen LogP contribution in [0.25, 0.3) is 5.76 Å². The summed E-state index contributed by atoms with van der Waals surface area (Å²) in [4.78, 5) is 11.3. The number of cyclic esters (lactones) is 1. The van der Waals surface area contributed by atoms with Gasteiger partial charge in [0.1, 0.15) is 11.4 Å². The summed E-state index contributed by atoms with van der Waals surface area (Å²) in [5.74, 6) is 0.626. The predicted octanol–water partition coefficient (Wildman–Crippen LogP) is 3.29. The molecule has 3 heteroatoms. The lowest BCUT2D eigenvalue weighted by atomic mass is 10.1. The molecule has 1 aromatic carbocycles. The predicted molar refractivity (Wildman–Crippen MR) is 63.3 cm³/mol. The van der Waals surface area contributed by atoms with Gasteiger partial charge in [-0.2, -0.15) is 0 Å². The number of hydrogen-bond acceptors (Lipinski definition) is 3. The molecule has 0 unspecified atom stereocenters. The van der Waals surface area contributed by atoms with Crippen molar-refractivity contribution in [3.05, 3.63) is 41.5 Å². The highest BCUT2D eigenvalue weighted by atomic mass is 16.7. The van der Waals surface area contributed by atoms with Gasteiger partial charge >= 0.3 is 6.16 Å². The summed E-state index contributed by atoms with van der Waals surface area (Å²) >= 11 is 0. The Hall–Kier alpha value is -1.77. The first-order valence-corrected chi connectivity index (χ1v) is 5.94. The van der Waals surface area contributed by atoms with Crippen molar-refractivity contribution < 1.29 is 14.3 Å². The van der Waals surface area contributed by atoms with Gasteiger partial charge in [-0.15, -0.1) is 0 Å². The summed E-state index contributed by atoms with van der Waals surface area (Å²) in [5, 5.41) is 0. The molecule has 0 aromatic heterocycles. The zero-order valence-electron chi connectivity index (χ0n) is 9.73. The fourth-order valence-corrected chi connectivity index (χ4v) is 1.99. The normalized spacial score (nSPS) is 20.5. The van der Waals surface area contributed by atoms with Crippen LogP contribution in [0.5, 0.6) is 0 Å². The van der Waals surface area contributed by atoms with Crippen LogP contribution >= 0.6 is 0 Å². The third kappa shape index (κ3) is 1.93. The van der Waals surface area contributed by atoms with Crippen LogP contribution in [0.3, 0.4) is 0 Å². The Balaban J connectivity index is 1.92. The maximum Gasteiger partial charge on any atom is 0.514 e. The molecule has 1 spiro atoms. The Labute approximate surface area is 100 Å². The van der Waals surface area contributed by atoms with Gasteiger partial charge in [0.15, 0.2) is 0 Å². The lowest BCUT2D eigenvalue weighted by Crippen LogP contribution is -2.23. The number of benzene rings is 1. The molecule has 1 saturated carbocycles. The van der Waals surface area contributed by atoms with E-state index in [-0.39, 0.29) is 5.60 Å². The first-order valence-electron chi connectivity index (χ1n) is 5.94. The largest absolute Gasteiger partial charge is 0.514 e. The summed E-state index contributed by atoms with van der Waals surface area (Å²) < 4.78 is 10.3. The molecule has 3 nitrogen and oxygen atoms in total. The number of rotatable bonds is 2. The molecule has 3 rings (SSSR count). The van der Waals surface area contributed by atoms with Gasteiger partial charge in [-0.05, 0) is 24.8 Å². The second-order valence-electron chi connectivity index (χ2n) is 4.58. The summed E-state index contributed by atoms with van der Waals surface area (Å²) in [6.07, 6.45) is 4.15. The molecule has 0 radical (unpaired) electrons. The highest BCUT2D eigenvalue weighted by molar-refractivity contribution is 5.77. The second kappa shape index (κ2) is 3.62. The monoisotopic (exact) mass is 230 g/mol. The molecule has 2 aliphatic rings. The van der Waals surface area contributed by atoms with E-state index in [1.54, 1.807) is 0 Å². The fraction of sp³-hybridized carbons (Fsp3) is 0.357. The molecule has 1 aliphatic heterocycles. The van der Waals surface area contributed by atoms with Gasteiger partial charge in [0, 0.05) is 11.6 Å². The van der Waals surface area contributed by atoms with Gasteiger partial charge < -0.3 is 9.47 Å². The molecule has 1 aliphatic carbocycles. The molecule has 1 aromatic rings. The fourth-order valence-electron chi connectivity index (χ4n) is 1.99. The molecule has 1 fully saturated rings. The van der Waals surface area contributed by atoms with E-state index in [0.29, 0.717) is 5.76 Å². The van der Waals surface area contributed by atoms with E-state index in [2.05, 4.69) is 19.1 Å². The van der Waals surface area contributed by atoms with Crippen molar-refractivity contribution >= 4 is 11.9 Å². The van der Waals surface area contributed by atoms with Crippen LogP contribution in [0.15, 0.2) is 30.3 Å². The molecule has 17 heavy (non-hydrogen) atoms. The second-order valence-corrected chi connectivity index (χ2v) is 4.58. The van der Waals surface area contributed by atoms with Crippen molar-refractivity contribution in [2.45, 2.75) is 31.8 Å².